The van der Waals surface area contributed by atoms with Crippen LogP contribution in [0.4, 0.5) is 11.4 Å². The van der Waals surface area contributed by atoms with Crippen molar-refractivity contribution < 1.29 is 9.53 Å². The van der Waals surface area contributed by atoms with Crippen molar-refractivity contribution in [1.29, 1.82) is 0 Å². The molecule has 19 heavy (non-hydrogen) atoms. The van der Waals surface area contributed by atoms with Gasteiger partial charge in [0.1, 0.15) is 6.33 Å². The van der Waals surface area contributed by atoms with E-state index in [1.807, 2.05) is 0 Å². The quantitative estimate of drug-likeness (QED) is 0.637. The normalized spacial score (nSPS) is 9.95. The minimum Gasteiger partial charge on any atom is -0.465 e. The van der Waals surface area contributed by atoms with Gasteiger partial charge < -0.3 is 15.8 Å². The molecule has 0 radical (unpaired) electrons. The topological polar surface area (TPSA) is 90.1 Å². The molecular weight excluding hydrogens is 244 g/mol. The van der Waals surface area contributed by atoms with Gasteiger partial charge >= 0.3 is 5.97 Å². The Kier molecular flexibility index (Phi) is 3.92. The van der Waals surface area contributed by atoms with E-state index in [-0.39, 0.29) is 0 Å². The smallest absolute Gasteiger partial charge is 0.337 e. The molecule has 0 saturated heterocycles. The van der Waals surface area contributed by atoms with Crippen molar-refractivity contribution in [2.75, 3.05) is 18.2 Å². The minimum absolute atomic E-state index is 0.398. The highest BCUT2D eigenvalue weighted by Crippen LogP contribution is 2.21. The number of rotatable bonds is 4. The van der Waals surface area contributed by atoms with Crippen LogP contribution in [0, 0.1) is 0 Å². The Balaban J connectivity index is 2.13. The summed E-state index contributed by atoms with van der Waals surface area (Å²) in [5, 5.41) is 3.13. The first-order chi connectivity index (χ1) is 9.20. The van der Waals surface area contributed by atoms with E-state index in [0.717, 1.165) is 5.69 Å². The molecule has 0 aliphatic rings. The van der Waals surface area contributed by atoms with Crippen LogP contribution in [0.1, 0.15) is 16.1 Å². The van der Waals surface area contributed by atoms with Crippen LogP contribution in [0.15, 0.2) is 36.8 Å². The van der Waals surface area contributed by atoms with Gasteiger partial charge in [0.15, 0.2) is 0 Å². The molecule has 6 heteroatoms. The maximum absolute atomic E-state index is 11.4. The van der Waals surface area contributed by atoms with E-state index >= 15 is 0 Å². The molecule has 0 unspecified atom stereocenters. The lowest BCUT2D eigenvalue weighted by molar-refractivity contribution is 0.0601. The number of hydrogen-bond acceptors (Lipinski definition) is 6. The zero-order valence-corrected chi connectivity index (χ0v) is 10.5. The monoisotopic (exact) mass is 258 g/mol. The van der Waals surface area contributed by atoms with Gasteiger partial charge in [0.05, 0.1) is 36.3 Å². The van der Waals surface area contributed by atoms with Crippen LogP contribution >= 0.6 is 0 Å². The SMILES string of the molecule is COC(=O)c1ccc(N)c(NCc2ccncn2)c1. The molecule has 0 aliphatic heterocycles. The molecule has 0 aliphatic carbocycles. The lowest BCUT2D eigenvalue weighted by Gasteiger charge is -2.10. The highest BCUT2D eigenvalue weighted by atomic mass is 16.5. The summed E-state index contributed by atoms with van der Waals surface area (Å²) in [6.07, 6.45) is 3.14. The number of nitrogen functional groups attached to an aromatic ring is 1. The van der Waals surface area contributed by atoms with Crippen molar-refractivity contribution in [1.82, 2.24) is 9.97 Å². The largest absolute Gasteiger partial charge is 0.465 e. The van der Waals surface area contributed by atoms with Gasteiger partial charge in [-0.3, -0.25) is 0 Å². The van der Waals surface area contributed by atoms with Crippen molar-refractivity contribution in [3.8, 4) is 0 Å². The van der Waals surface area contributed by atoms with Gasteiger partial charge in [0.2, 0.25) is 0 Å². The summed E-state index contributed by atoms with van der Waals surface area (Å²) in [5.74, 6) is -0.398. The number of methoxy groups -OCH3 is 1. The third-order valence-corrected chi connectivity index (χ3v) is 2.58. The zero-order valence-electron chi connectivity index (χ0n) is 10.5. The lowest BCUT2D eigenvalue weighted by Crippen LogP contribution is -2.07. The molecule has 2 rings (SSSR count). The van der Waals surface area contributed by atoms with Crippen LogP contribution in [0.2, 0.25) is 0 Å². The first-order valence-electron chi connectivity index (χ1n) is 5.67. The summed E-state index contributed by atoms with van der Waals surface area (Å²) in [6.45, 7) is 0.497. The fourth-order valence-electron chi connectivity index (χ4n) is 1.56. The first-order valence-corrected chi connectivity index (χ1v) is 5.67. The number of nitrogens with two attached hydrogens (primary N) is 1. The summed E-state index contributed by atoms with van der Waals surface area (Å²) in [7, 11) is 1.34. The molecular formula is C13H14N4O2. The molecule has 2 aromatic rings. The lowest BCUT2D eigenvalue weighted by atomic mass is 10.1. The van der Waals surface area contributed by atoms with Crippen molar-refractivity contribution >= 4 is 17.3 Å². The predicted octanol–water partition coefficient (Wildman–Crippen LogP) is 1.46. The summed E-state index contributed by atoms with van der Waals surface area (Å²) in [5.41, 5.74) is 8.35. The number of ether oxygens (including phenoxy) is 1. The Labute approximate surface area is 110 Å². The standard InChI is InChI=1S/C13H14N4O2/c1-19-13(18)9-2-3-11(14)12(6-9)16-7-10-4-5-15-8-17-10/h2-6,8,16H,7,14H2,1H3. The molecule has 0 saturated carbocycles. The van der Waals surface area contributed by atoms with Gasteiger partial charge in [-0.2, -0.15) is 0 Å². The molecule has 0 amide bonds. The van der Waals surface area contributed by atoms with E-state index in [1.165, 1.54) is 13.4 Å². The van der Waals surface area contributed by atoms with Crippen molar-refractivity contribution in [2.24, 2.45) is 0 Å². The Bertz CT molecular complexity index is 572. The van der Waals surface area contributed by atoms with E-state index in [2.05, 4.69) is 20.0 Å². The van der Waals surface area contributed by atoms with Gasteiger partial charge in [-0.15, -0.1) is 0 Å². The number of carbonyl (C=O) groups excluding carboxylic acids is 1. The fourth-order valence-corrected chi connectivity index (χ4v) is 1.56. The van der Waals surface area contributed by atoms with Crippen LogP contribution in [0.5, 0.6) is 0 Å². The average Bonchev–Trinajstić information content (AvgIpc) is 2.46. The number of benzene rings is 1. The second kappa shape index (κ2) is 5.81. The molecule has 0 bridgehead atoms. The van der Waals surface area contributed by atoms with Gasteiger partial charge in [-0.05, 0) is 24.3 Å². The molecule has 1 aromatic carbocycles. The molecule has 0 spiro atoms. The number of anilines is 2. The summed E-state index contributed by atoms with van der Waals surface area (Å²) < 4.78 is 4.67. The number of hydrogen-bond donors (Lipinski definition) is 2. The Morgan fingerprint density at radius 2 is 2.26 bits per heavy atom. The summed E-state index contributed by atoms with van der Waals surface area (Å²) >= 11 is 0. The van der Waals surface area contributed by atoms with Crippen LogP contribution in [0.25, 0.3) is 0 Å². The summed E-state index contributed by atoms with van der Waals surface area (Å²) in [4.78, 5) is 19.4. The third kappa shape index (κ3) is 3.19. The zero-order chi connectivity index (χ0) is 13.7. The van der Waals surface area contributed by atoms with Gasteiger partial charge in [-0.25, -0.2) is 14.8 Å². The first kappa shape index (κ1) is 12.8. The average molecular weight is 258 g/mol. The Hall–Kier alpha value is -2.63. The number of nitrogens with zero attached hydrogens (tertiary/aromatic N) is 2. The predicted molar refractivity (Wildman–Crippen MR) is 71.6 cm³/mol. The van der Waals surface area contributed by atoms with Gasteiger partial charge in [0.25, 0.3) is 0 Å². The number of aromatic nitrogens is 2. The van der Waals surface area contributed by atoms with Crippen LogP contribution in [0.3, 0.4) is 0 Å². The maximum Gasteiger partial charge on any atom is 0.337 e. The van der Waals surface area contributed by atoms with Crippen molar-refractivity contribution in [3.63, 3.8) is 0 Å². The van der Waals surface area contributed by atoms with Crippen molar-refractivity contribution in [3.05, 3.63) is 48.0 Å². The molecule has 0 atom stereocenters. The second-order valence-corrected chi connectivity index (χ2v) is 3.85. The number of carbonyl (C=O) groups is 1. The summed E-state index contributed by atoms with van der Waals surface area (Å²) in [6, 6.07) is 6.74. The highest BCUT2D eigenvalue weighted by molar-refractivity contribution is 5.91. The maximum atomic E-state index is 11.4. The Morgan fingerprint density at radius 1 is 1.42 bits per heavy atom. The molecule has 1 aromatic heterocycles. The van der Waals surface area contributed by atoms with Crippen LogP contribution in [-0.2, 0) is 11.3 Å². The highest BCUT2D eigenvalue weighted by Gasteiger charge is 2.08. The number of nitrogens with one attached hydrogen (secondary N) is 1. The molecule has 0 fully saturated rings. The minimum atomic E-state index is -0.398. The molecule has 1 heterocycles. The molecule has 3 N–H and O–H groups in total. The van der Waals surface area contributed by atoms with Crippen molar-refractivity contribution in [2.45, 2.75) is 6.54 Å². The van der Waals surface area contributed by atoms with Crippen LogP contribution < -0.4 is 11.1 Å². The van der Waals surface area contributed by atoms with Crippen LogP contribution in [-0.4, -0.2) is 23.0 Å². The third-order valence-electron chi connectivity index (χ3n) is 2.58. The van der Waals surface area contributed by atoms with Gasteiger partial charge in [0, 0.05) is 6.20 Å². The molecule has 98 valence electrons. The molecule has 6 nitrogen and oxygen atoms in total. The fraction of sp³-hybridized carbons (Fsp3) is 0.154. The number of esters is 1. The van der Waals surface area contributed by atoms with E-state index < -0.39 is 5.97 Å². The van der Waals surface area contributed by atoms with E-state index in [9.17, 15) is 4.79 Å². The van der Waals surface area contributed by atoms with Gasteiger partial charge in [-0.1, -0.05) is 0 Å². The second-order valence-electron chi connectivity index (χ2n) is 3.85. The van der Waals surface area contributed by atoms with E-state index in [1.54, 1.807) is 30.5 Å². The van der Waals surface area contributed by atoms with E-state index in [0.29, 0.717) is 23.5 Å². The Morgan fingerprint density at radius 3 is 2.95 bits per heavy atom. The van der Waals surface area contributed by atoms with E-state index in [4.69, 9.17) is 5.73 Å².